The van der Waals surface area contributed by atoms with E-state index in [2.05, 4.69) is 15.2 Å². The highest BCUT2D eigenvalue weighted by Crippen LogP contribution is 2.42. The number of pyridine rings is 1. The molecule has 1 saturated carbocycles. The normalized spacial score (nSPS) is 30.4. The number of carbonyl (C=O) groups is 1. The lowest BCUT2D eigenvalue weighted by Crippen LogP contribution is -2.60. The molecule has 2 unspecified atom stereocenters. The molecule has 7 heteroatoms. The summed E-state index contributed by atoms with van der Waals surface area (Å²) in [6.45, 7) is 3.58. The predicted octanol–water partition coefficient (Wildman–Crippen LogP) is 2.22. The molecule has 2 N–H and O–H groups in total. The molecule has 2 fully saturated rings. The minimum atomic E-state index is -2.14. The minimum Gasteiger partial charge on any atom is -0.387 e. The fraction of sp³-hybridized carbons (Fsp3) is 0.714. The summed E-state index contributed by atoms with van der Waals surface area (Å²) in [7, 11) is 0. The van der Waals surface area contributed by atoms with Crippen molar-refractivity contribution >= 4 is 5.91 Å². The first kappa shape index (κ1) is 19.7. The van der Waals surface area contributed by atoms with Crippen LogP contribution in [0, 0.1) is 0 Å². The summed E-state index contributed by atoms with van der Waals surface area (Å²) < 4.78 is 21.4. The summed E-state index contributed by atoms with van der Waals surface area (Å²) in [6.07, 6.45) is 6.40. The van der Waals surface area contributed by atoms with Crippen molar-refractivity contribution < 1.29 is 19.0 Å². The zero-order valence-electron chi connectivity index (χ0n) is 16.3. The zero-order chi connectivity index (χ0) is 19.6. The van der Waals surface area contributed by atoms with Gasteiger partial charge in [-0.05, 0) is 31.7 Å². The first-order valence-corrected chi connectivity index (χ1v) is 10.5. The Kier molecular flexibility index (Phi) is 5.67. The van der Waals surface area contributed by atoms with Crippen LogP contribution in [0.2, 0.25) is 0 Å². The summed E-state index contributed by atoms with van der Waals surface area (Å²) in [4.78, 5) is 19.6. The number of morpholine rings is 1. The molecule has 1 aromatic rings. The van der Waals surface area contributed by atoms with Gasteiger partial charge in [-0.2, -0.15) is 0 Å². The number of alkyl halides is 1. The van der Waals surface area contributed by atoms with Gasteiger partial charge in [0.15, 0.2) is 0 Å². The Morgan fingerprint density at radius 3 is 2.79 bits per heavy atom. The van der Waals surface area contributed by atoms with Crippen molar-refractivity contribution in [2.75, 3.05) is 32.8 Å². The average molecular weight is 391 g/mol. The number of nitrogens with one attached hydrogen (secondary N) is 1. The van der Waals surface area contributed by atoms with Crippen molar-refractivity contribution in [3.63, 3.8) is 0 Å². The molecule has 0 bridgehead atoms. The van der Waals surface area contributed by atoms with Crippen LogP contribution in [-0.4, -0.2) is 59.3 Å². The number of hydrogen-bond acceptors (Lipinski definition) is 5. The molecule has 28 heavy (non-hydrogen) atoms. The van der Waals surface area contributed by atoms with E-state index in [9.17, 15) is 9.90 Å². The molecular weight excluding hydrogens is 361 g/mol. The van der Waals surface area contributed by atoms with Crippen LogP contribution in [0.25, 0.3) is 0 Å². The molecule has 2 heterocycles. The monoisotopic (exact) mass is 391 g/mol. The van der Waals surface area contributed by atoms with Crippen LogP contribution in [-0.2, 0) is 15.2 Å². The van der Waals surface area contributed by atoms with Crippen molar-refractivity contribution in [3.05, 3.63) is 29.6 Å². The first-order chi connectivity index (χ1) is 13.6. The molecule has 2 aliphatic carbocycles. The molecule has 1 aliphatic heterocycles. The molecule has 0 aromatic carbocycles. The molecule has 6 nitrogen and oxygen atoms in total. The summed E-state index contributed by atoms with van der Waals surface area (Å²) in [5.74, 6) is -0.605. The van der Waals surface area contributed by atoms with Gasteiger partial charge >= 0.3 is 0 Å². The highest BCUT2D eigenvalue weighted by molar-refractivity contribution is 5.87. The molecule has 154 valence electrons. The lowest BCUT2D eigenvalue weighted by molar-refractivity contribution is -0.136. The Balaban J connectivity index is 1.52. The smallest absolute Gasteiger partial charge is 0.262 e. The standard InChI is InChI=1S/C21H30FN3O3/c22-21(9-6-17(26)18-16(21)5-4-10-23-18)19(27)24-15-20(7-2-1-3-8-20)25-11-13-28-14-12-25/h4-5,10,17,26H,1-3,6-9,11-15H2,(H,24,27). The van der Waals surface area contributed by atoms with E-state index in [-0.39, 0.29) is 29.6 Å². The number of hydrogen-bond donors (Lipinski definition) is 2. The van der Waals surface area contributed by atoms with E-state index in [4.69, 9.17) is 4.74 Å². The highest BCUT2D eigenvalue weighted by Gasteiger charge is 2.48. The average Bonchev–Trinajstić information content (AvgIpc) is 2.76. The highest BCUT2D eigenvalue weighted by atomic mass is 19.1. The Bertz CT molecular complexity index is 704. The van der Waals surface area contributed by atoms with Gasteiger partial charge in [0.25, 0.3) is 5.91 Å². The van der Waals surface area contributed by atoms with Crippen molar-refractivity contribution in [2.24, 2.45) is 0 Å². The van der Waals surface area contributed by atoms with Gasteiger partial charge in [-0.3, -0.25) is 14.7 Å². The van der Waals surface area contributed by atoms with Gasteiger partial charge in [0, 0.05) is 36.9 Å². The molecular formula is C21H30FN3O3. The molecule has 1 saturated heterocycles. The van der Waals surface area contributed by atoms with Gasteiger partial charge < -0.3 is 15.2 Å². The van der Waals surface area contributed by atoms with Crippen LogP contribution >= 0.6 is 0 Å². The molecule has 1 aromatic heterocycles. The lowest BCUT2D eigenvalue weighted by atomic mass is 9.78. The van der Waals surface area contributed by atoms with E-state index < -0.39 is 17.7 Å². The van der Waals surface area contributed by atoms with Crippen molar-refractivity contribution in [3.8, 4) is 0 Å². The van der Waals surface area contributed by atoms with Crippen molar-refractivity contribution in [2.45, 2.75) is 62.3 Å². The van der Waals surface area contributed by atoms with Crippen molar-refractivity contribution in [1.82, 2.24) is 15.2 Å². The topological polar surface area (TPSA) is 74.7 Å². The minimum absolute atomic E-state index is 0.0246. The third kappa shape index (κ3) is 3.55. The van der Waals surface area contributed by atoms with Gasteiger partial charge in [0.2, 0.25) is 5.67 Å². The number of ether oxygens (including phenoxy) is 1. The summed E-state index contributed by atoms with van der Waals surface area (Å²) in [5, 5.41) is 13.1. The zero-order valence-corrected chi connectivity index (χ0v) is 16.3. The number of aliphatic hydroxyl groups is 1. The number of nitrogens with zero attached hydrogens (tertiary/aromatic N) is 2. The summed E-state index contributed by atoms with van der Waals surface area (Å²) in [6, 6.07) is 3.19. The third-order valence-corrected chi connectivity index (χ3v) is 6.75. The number of rotatable bonds is 4. The lowest BCUT2D eigenvalue weighted by Gasteiger charge is -2.48. The SMILES string of the molecule is O=C(NCC1(N2CCOCC2)CCCCC1)C1(F)CCC(O)c2ncccc21. The van der Waals surface area contributed by atoms with E-state index in [0.29, 0.717) is 19.8 Å². The van der Waals surface area contributed by atoms with E-state index in [0.717, 1.165) is 38.8 Å². The van der Waals surface area contributed by atoms with Gasteiger partial charge in [-0.25, -0.2) is 4.39 Å². The second-order valence-electron chi connectivity index (χ2n) is 8.36. The number of amides is 1. The van der Waals surface area contributed by atoms with Crippen LogP contribution in [0.15, 0.2) is 18.3 Å². The molecule has 1 amide bonds. The van der Waals surface area contributed by atoms with Crippen LogP contribution in [0.5, 0.6) is 0 Å². The quantitative estimate of drug-likeness (QED) is 0.823. The predicted molar refractivity (Wildman–Crippen MR) is 102 cm³/mol. The molecule has 2 atom stereocenters. The fourth-order valence-electron chi connectivity index (χ4n) is 5.10. The first-order valence-electron chi connectivity index (χ1n) is 10.5. The maximum atomic E-state index is 15.9. The fourth-order valence-corrected chi connectivity index (χ4v) is 5.10. The van der Waals surface area contributed by atoms with Gasteiger partial charge in [0.05, 0.1) is 25.0 Å². The third-order valence-electron chi connectivity index (χ3n) is 6.75. The maximum Gasteiger partial charge on any atom is 0.262 e. The molecule has 0 spiro atoms. The van der Waals surface area contributed by atoms with Crippen LogP contribution < -0.4 is 5.32 Å². The van der Waals surface area contributed by atoms with E-state index in [1.54, 1.807) is 12.1 Å². The van der Waals surface area contributed by atoms with E-state index >= 15 is 4.39 Å². The van der Waals surface area contributed by atoms with E-state index in [1.165, 1.54) is 12.6 Å². The van der Waals surface area contributed by atoms with Gasteiger partial charge in [-0.1, -0.05) is 25.3 Å². The van der Waals surface area contributed by atoms with Crippen molar-refractivity contribution in [1.29, 1.82) is 0 Å². The van der Waals surface area contributed by atoms with Gasteiger partial charge in [-0.15, -0.1) is 0 Å². The number of aromatic nitrogens is 1. The van der Waals surface area contributed by atoms with Crippen LogP contribution in [0.4, 0.5) is 4.39 Å². The number of fused-ring (bicyclic) bond motifs is 1. The second kappa shape index (κ2) is 8.05. The molecule has 4 rings (SSSR count). The summed E-state index contributed by atoms with van der Waals surface area (Å²) in [5.41, 5.74) is -1.76. The second-order valence-corrected chi connectivity index (χ2v) is 8.36. The van der Waals surface area contributed by atoms with Crippen LogP contribution in [0.3, 0.4) is 0 Å². The Morgan fingerprint density at radius 1 is 1.29 bits per heavy atom. The summed E-state index contributed by atoms with van der Waals surface area (Å²) >= 11 is 0. The molecule has 3 aliphatic rings. The number of carbonyl (C=O) groups excluding carboxylic acids is 1. The Labute approximate surface area is 165 Å². The van der Waals surface area contributed by atoms with E-state index in [1.807, 2.05) is 0 Å². The Morgan fingerprint density at radius 2 is 2.04 bits per heavy atom. The van der Waals surface area contributed by atoms with Crippen LogP contribution in [0.1, 0.15) is 62.3 Å². The largest absolute Gasteiger partial charge is 0.387 e. The number of aliphatic hydroxyl groups excluding tert-OH is 1. The Hall–Kier alpha value is -1.57. The van der Waals surface area contributed by atoms with Gasteiger partial charge in [0.1, 0.15) is 0 Å². The maximum absolute atomic E-state index is 15.9. The number of halogens is 1. The molecule has 0 radical (unpaired) electrons.